The van der Waals surface area contributed by atoms with Gasteiger partial charge in [0.2, 0.25) is 0 Å². The zero-order chi connectivity index (χ0) is 18.0. The lowest BCUT2D eigenvalue weighted by atomic mass is 10.1. The molecule has 3 rings (SSSR count). The van der Waals surface area contributed by atoms with Crippen LogP contribution < -0.4 is 0 Å². The van der Waals surface area contributed by atoms with Gasteiger partial charge in [-0.15, -0.1) is 0 Å². The quantitative estimate of drug-likeness (QED) is 0.563. The molecule has 0 saturated heterocycles. The van der Waals surface area contributed by atoms with Gasteiger partial charge in [-0.3, -0.25) is 4.98 Å². The Labute approximate surface area is 157 Å². The number of imidazole rings is 1. The molecule has 4 nitrogen and oxygen atoms in total. The highest BCUT2D eigenvalue weighted by Crippen LogP contribution is 2.34. The van der Waals surface area contributed by atoms with Crippen molar-refractivity contribution in [1.82, 2.24) is 14.5 Å². The van der Waals surface area contributed by atoms with Gasteiger partial charge in [-0.2, -0.15) is 0 Å². The summed E-state index contributed by atoms with van der Waals surface area (Å²) in [6.45, 7) is 4.92. The Morgan fingerprint density at radius 3 is 2.64 bits per heavy atom. The number of aromatic nitrogens is 3. The standard InChI is InChI=1S/C19H21Cl2N3O/c1-4-13(11-25-3)24-16-8-9-22-18(19(16)23-17(24)5-2)14-7-6-12(20)10-15(14)21/h6-10,13H,4-5,11H2,1-3H3. The number of methoxy groups -OCH3 is 1. The first-order valence-corrected chi connectivity index (χ1v) is 9.16. The highest BCUT2D eigenvalue weighted by molar-refractivity contribution is 6.36. The molecule has 3 aromatic rings. The fourth-order valence-electron chi connectivity index (χ4n) is 3.17. The minimum atomic E-state index is 0.237. The number of pyridine rings is 1. The van der Waals surface area contributed by atoms with Gasteiger partial charge in [0.25, 0.3) is 0 Å². The topological polar surface area (TPSA) is 39.9 Å². The highest BCUT2D eigenvalue weighted by Gasteiger charge is 2.20. The van der Waals surface area contributed by atoms with Crippen LogP contribution in [0.3, 0.4) is 0 Å². The van der Waals surface area contributed by atoms with Crippen LogP contribution in [-0.4, -0.2) is 28.3 Å². The molecule has 1 aromatic carbocycles. The summed E-state index contributed by atoms with van der Waals surface area (Å²) < 4.78 is 7.69. The van der Waals surface area contributed by atoms with E-state index in [4.69, 9.17) is 32.9 Å². The van der Waals surface area contributed by atoms with Crippen molar-refractivity contribution in [3.8, 4) is 11.3 Å². The average molecular weight is 378 g/mol. The smallest absolute Gasteiger partial charge is 0.115 e. The van der Waals surface area contributed by atoms with Gasteiger partial charge in [-0.1, -0.05) is 37.0 Å². The number of fused-ring (bicyclic) bond motifs is 1. The van der Waals surface area contributed by atoms with Crippen LogP contribution in [0.4, 0.5) is 0 Å². The number of benzene rings is 1. The molecule has 0 aliphatic heterocycles. The molecular formula is C19H21Cl2N3O. The van der Waals surface area contributed by atoms with Crippen molar-refractivity contribution < 1.29 is 4.74 Å². The molecule has 0 saturated carbocycles. The Kier molecular flexibility index (Phi) is 5.62. The van der Waals surface area contributed by atoms with Crippen LogP contribution in [0.2, 0.25) is 10.0 Å². The Hall–Kier alpha value is -1.62. The summed E-state index contributed by atoms with van der Waals surface area (Å²) in [5.74, 6) is 1.03. The predicted molar refractivity (Wildman–Crippen MR) is 104 cm³/mol. The second-order valence-corrected chi connectivity index (χ2v) is 6.76. The van der Waals surface area contributed by atoms with E-state index in [9.17, 15) is 0 Å². The summed E-state index contributed by atoms with van der Waals surface area (Å²) in [6, 6.07) is 7.69. The molecule has 25 heavy (non-hydrogen) atoms. The van der Waals surface area contributed by atoms with Crippen LogP contribution in [0.1, 0.15) is 32.1 Å². The lowest BCUT2D eigenvalue weighted by Crippen LogP contribution is -2.16. The van der Waals surface area contributed by atoms with Gasteiger partial charge in [-0.05, 0) is 30.7 Å². The Morgan fingerprint density at radius 2 is 2.00 bits per heavy atom. The van der Waals surface area contributed by atoms with Crippen LogP contribution in [0.5, 0.6) is 0 Å². The maximum atomic E-state index is 6.41. The largest absolute Gasteiger partial charge is 0.383 e. The van der Waals surface area contributed by atoms with Crippen LogP contribution >= 0.6 is 23.2 Å². The minimum Gasteiger partial charge on any atom is -0.383 e. The third kappa shape index (κ3) is 3.39. The van der Waals surface area contributed by atoms with Crippen molar-refractivity contribution in [3.05, 3.63) is 46.3 Å². The van der Waals surface area contributed by atoms with E-state index in [2.05, 4.69) is 23.4 Å². The number of aryl methyl sites for hydroxylation is 1. The molecule has 1 unspecified atom stereocenters. The molecule has 0 N–H and O–H groups in total. The average Bonchev–Trinajstić information content (AvgIpc) is 2.98. The number of nitrogens with zero attached hydrogens (tertiary/aromatic N) is 3. The predicted octanol–water partition coefficient (Wildman–Crippen LogP) is 5.57. The summed E-state index contributed by atoms with van der Waals surface area (Å²) in [4.78, 5) is 9.43. The monoisotopic (exact) mass is 377 g/mol. The summed E-state index contributed by atoms with van der Waals surface area (Å²) in [7, 11) is 1.73. The van der Waals surface area contributed by atoms with Crippen molar-refractivity contribution in [1.29, 1.82) is 0 Å². The molecule has 0 bridgehead atoms. The highest BCUT2D eigenvalue weighted by atomic mass is 35.5. The third-order valence-corrected chi connectivity index (χ3v) is 4.93. The first-order valence-electron chi connectivity index (χ1n) is 8.40. The SMILES string of the molecule is CCc1nc2c(-c3ccc(Cl)cc3Cl)nccc2n1C(CC)COC. The van der Waals surface area contributed by atoms with Crippen molar-refractivity contribution in [2.75, 3.05) is 13.7 Å². The maximum Gasteiger partial charge on any atom is 0.115 e. The molecule has 0 radical (unpaired) electrons. The van der Waals surface area contributed by atoms with E-state index in [0.29, 0.717) is 16.7 Å². The van der Waals surface area contributed by atoms with E-state index < -0.39 is 0 Å². The van der Waals surface area contributed by atoms with Crippen LogP contribution in [0, 0.1) is 0 Å². The molecule has 0 aliphatic rings. The fraction of sp³-hybridized carbons (Fsp3) is 0.368. The van der Waals surface area contributed by atoms with Crippen LogP contribution in [-0.2, 0) is 11.2 Å². The van der Waals surface area contributed by atoms with Crippen molar-refractivity contribution in [2.24, 2.45) is 0 Å². The van der Waals surface area contributed by atoms with Crippen LogP contribution in [0.25, 0.3) is 22.3 Å². The van der Waals surface area contributed by atoms with Gasteiger partial charge in [-0.25, -0.2) is 4.98 Å². The van der Waals surface area contributed by atoms with Gasteiger partial charge in [0.05, 0.1) is 28.9 Å². The zero-order valence-corrected chi connectivity index (χ0v) is 16.1. The number of hydrogen-bond acceptors (Lipinski definition) is 3. The molecule has 0 fully saturated rings. The Bertz CT molecular complexity index is 892. The first kappa shape index (κ1) is 18.2. The minimum absolute atomic E-state index is 0.237. The van der Waals surface area contributed by atoms with E-state index in [1.54, 1.807) is 19.4 Å². The molecular weight excluding hydrogens is 357 g/mol. The molecule has 2 heterocycles. The summed E-state index contributed by atoms with van der Waals surface area (Å²) >= 11 is 12.4. The second kappa shape index (κ2) is 7.73. The normalized spacial score (nSPS) is 12.7. The number of rotatable bonds is 6. The fourth-order valence-corrected chi connectivity index (χ4v) is 3.67. The van der Waals surface area contributed by atoms with Crippen molar-refractivity contribution in [2.45, 2.75) is 32.7 Å². The maximum absolute atomic E-state index is 6.41. The summed E-state index contributed by atoms with van der Waals surface area (Å²) in [5, 5.41) is 1.18. The Balaban J connectivity index is 2.25. The molecule has 0 aliphatic carbocycles. The van der Waals surface area contributed by atoms with Crippen LogP contribution in [0.15, 0.2) is 30.5 Å². The van der Waals surface area contributed by atoms with E-state index >= 15 is 0 Å². The molecule has 0 spiro atoms. The molecule has 0 amide bonds. The summed E-state index contributed by atoms with van der Waals surface area (Å²) in [5.41, 5.74) is 3.53. The molecule has 2 aromatic heterocycles. The molecule has 6 heteroatoms. The van der Waals surface area contributed by atoms with Gasteiger partial charge in [0.15, 0.2) is 0 Å². The lowest BCUT2D eigenvalue weighted by molar-refractivity contribution is 0.153. The van der Waals surface area contributed by atoms with Gasteiger partial charge in [0, 0.05) is 30.3 Å². The van der Waals surface area contributed by atoms with Gasteiger partial charge in [0.1, 0.15) is 11.3 Å². The van der Waals surface area contributed by atoms with E-state index in [1.165, 1.54) is 0 Å². The van der Waals surface area contributed by atoms with Crippen molar-refractivity contribution in [3.63, 3.8) is 0 Å². The zero-order valence-electron chi connectivity index (χ0n) is 14.6. The number of halogens is 2. The molecule has 132 valence electrons. The van der Waals surface area contributed by atoms with Gasteiger partial charge < -0.3 is 9.30 Å². The van der Waals surface area contributed by atoms with Gasteiger partial charge >= 0.3 is 0 Å². The Morgan fingerprint density at radius 1 is 1.20 bits per heavy atom. The lowest BCUT2D eigenvalue weighted by Gasteiger charge is -2.19. The third-order valence-electron chi connectivity index (χ3n) is 4.38. The van der Waals surface area contributed by atoms with E-state index in [0.717, 1.165) is 41.0 Å². The van der Waals surface area contributed by atoms with E-state index in [-0.39, 0.29) is 6.04 Å². The molecule has 1 atom stereocenters. The number of ether oxygens (including phenoxy) is 1. The van der Waals surface area contributed by atoms with Crippen molar-refractivity contribution >= 4 is 34.2 Å². The second-order valence-electron chi connectivity index (χ2n) is 5.92. The first-order chi connectivity index (χ1) is 12.1. The number of hydrogen-bond donors (Lipinski definition) is 0. The summed E-state index contributed by atoms with van der Waals surface area (Å²) in [6.07, 6.45) is 3.61. The van der Waals surface area contributed by atoms with E-state index in [1.807, 2.05) is 18.2 Å².